The number of esters is 3. The van der Waals surface area contributed by atoms with E-state index in [0.29, 0.717) is 19.3 Å². The molecule has 0 amide bonds. The number of hydrogen-bond donors (Lipinski definition) is 0. The molecule has 0 fully saturated rings. The highest BCUT2D eigenvalue weighted by Gasteiger charge is 2.19. The molecule has 1 unspecified atom stereocenters. The van der Waals surface area contributed by atoms with Gasteiger partial charge in [-0.3, -0.25) is 14.4 Å². The molecular formula is C72H130O6. The molecule has 1 atom stereocenters. The quantitative estimate of drug-likeness (QED) is 0.0261. The predicted molar refractivity (Wildman–Crippen MR) is 339 cm³/mol. The van der Waals surface area contributed by atoms with Gasteiger partial charge in [-0.15, -0.1) is 0 Å². The van der Waals surface area contributed by atoms with E-state index in [1.165, 1.54) is 238 Å². The van der Waals surface area contributed by atoms with Crippen molar-refractivity contribution in [2.45, 2.75) is 367 Å². The standard InChI is InChI=1S/C72H130O6/c1-4-7-10-13-16-19-22-25-28-31-32-33-34-35-36-37-38-39-40-42-44-47-50-53-56-59-62-65-71(74)77-68-69(67-76-70(73)64-61-58-55-52-49-46-43-30-27-24-21-18-15-12-9-6-3)78-72(75)66-63-60-57-54-51-48-45-41-29-26-23-20-17-14-11-8-5-2/h7,10,16,19,25-26,28-29,32-33,69H,4-6,8-9,11-15,17-18,20-24,27,30-31,34-68H2,1-3H3/b10-7-,19-16-,28-25-,29-26-,33-32-. The van der Waals surface area contributed by atoms with Gasteiger partial charge in [0.2, 0.25) is 0 Å². The molecule has 0 N–H and O–H groups in total. The van der Waals surface area contributed by atoms with Gasteiger partial charge >= 0.3 is 17.9 Å². The summed E-state index contributed by atoms with van der Waals surface area (Å²) in [5, 5.41) is 0. The third-order valence-electron chi connectivity index (χ3n) is 15.3. The maximum atomic E-state index is 12.9. The van der Waals surface area contributed by atoms with Crippen LogP contribution in [-0.2, 0) is 28.6 Å². The molecule has 0 saturated carbocycles. The van der Waals surface area contributed by atoms with Gasteiger partial charge in [-0.1, -0.05) is 319 Å². The third kappa shape index (κ3) is 63.9. The van der Waals surface area contributed by atoms with E-state index < -0.39 is 6.10 Å². The van der Waals surface area contributed by atoms with Crippen molar-refractivity contribution >= 4 is 17.9 Å². The van der Waals surface area contributed by atoms with Gasteiger partial charge in [-0.25, -0.2) is 0 Å². The summed E-state index contributed by atoms with van der Waals surface area (Å²) in [4.78, 5) is 38.4. The Morgan fingerprint density at radius 1 is 0.269 bits per heavy atom. The molecule has 0 saturated heterocycles. The van der Waals surface area contributed by atoms with Gasteiger partial charge in [0.05, 0.1) is 0 Å². The smallest absolute Gasteiger partial charge is 0.306 e. The molecule has 454 valence electrons. The van der Waals surface area contributed by atoms with E-state index in [1.807, 2.05) is 0 Å². The molecule has 0 aliphatic heterocycles. The summed E-state index contributed by atoms with van der Waals surface area (Å²) in [6.45, 7) is 6.58. The second-order valence-corrected chi connectivity index (χ2v) is 23.1. The van der Waals surface area contributed by atoms with Gasteiger partial charge in [-0.05, 0) is 83.5 Å². The molecule has 0 aliphatic rings. The molecule has 0 aromatic heterocycles. The van der Waals surface area contributed by atoms with Crippen LogP contribution in [0.5, 0.6) is 0 Å². The first kappa shape index (κ1) is 75.1. The van der Waals surface area contributed by atoms with Gasteiger partial charge in [0, 0.05) is 19.3 Å². The average Bonchev–Trinajstić information content (AvgIpc) is 3.44. The summed E-state index contributed by atoms with van der Waals surface area (Å²) in [5.41, 5.74) is 0. The van der Waals surface area contributed by atoms with Crippen LogP contribution in [0, 0.1) is 0 Å². The number of carbonyl (C=O) groups is 3. The molecule has 78 heavy (non-hydrogen) atoms. The second-order valence-electron chi connectivity index (χ2n) is 23.1. The Kier molecular flexibility index (Phi) is 64.2. The molecular weight excluding hydrogens is 961 g/mol. The molecule has 0 heterocycles. The number of ether oxygens (including phenoxy) is 3. The van der Waals surface area contributed by atoms with Crippen LogP contribution in [0.4, 0.5) is 0 Å². The van der Waals surface area contributed by atoms with E-state index in [0.717, 1.165) is 83.5 Å². The molecule has 0 rings (SSSR count). The molecule has 0 radical (unpaired) electrons. The maximum Gasteiger partial charge on any atom is 0.306 e. The Balaban J connectivity index is 4.27. The van der Waals surface area contributed by atoms with E-state index in [1.54, 1.807) is 0 Å². The maximum absolute atomic E-state index is 12.9. The molecule has 0 bridgehead atoms. The summed E-state index contributed by atoms with van der Waals surface area (Å²) >= 11 is 0. The van der Waals surface area contributed by atoms with Crippen molar-refractivity contribution in [1.82, 2.24) is 0 Å². The van der Waals surface area contributed by atoms with Crippen LogP contribution in [0.3, 0.4) is 0 Å². The zero-order valence-corrected chi connectivity index (χ0v) is 52.2. The predicted octanol–water partition coefficient (Wildman–Crippen LogP) is 23.5. The highest BCUT2D eigenvalue weighted by Crippen LogP contribution is 2.18. The Morgan fingerprint density at radius 3 is 0.795 bits per heavy atom. The van der Waals surface area contributed by atoms with E-state index in [2.05, 4.69) is 81.5 Å². The van der Waals surface area contributed by atoms with Crippen LogP contribution in [0.15, 0.2) is 60.8 Å². The second kappa shape index (κ2) is 66.6. The fourth-order valence-corrected chi connectivity index (χ4v) is 10.1. The molecule has 6 heteroatoms. The van der Waals surface area contributed by atoms with Crippen LogP contribution < -0.4 is 0 Å². The summed E-state index contributed by atoms with van der Waals surface area (Å²) in [5.74, 6) is -0.852. The van der Waals surface area contributed by atoms with Crippen LogP contribution in [0.25, 0.3) is 0 Å². The Bertz CT molecular complexity index is 1390. The van der Waals surface area contributed by atoms with Gasteiger partial charge in [0.1, 0.15) is 13.2 Å². The van der Waals surface area contributed by atoms with Crippen LogP contribution in [0.1, 0.15) is 361 Å². The number of rotatable bonds is 63. The Hall–Kier alpha value is -2.89. The number of hydrogen-bond acceptors (Lipinski definition) is 6. The average molecular weight is 1090 g/mol. The highest BCUT2D eigenvalue weighted by molar-refractivity contribution is 5.71. The van der Waals surface area contributed by atoms with Crippen molar-refractivity contribution in [3.05, 3.63) is 60.8 Å². The fourth-order valence-electron chi connectivity index (χ4n) is 10.1. The van der Waals surface area contributed by atoms with Gasteiger partial charge in [-0.2, -0.15) is 0 Å². The number of unbranched alkanes of at least 4 members (excludes halogenated alkanes) is 42. The van der Waals surface area contributed by atoms with Crippen LogP contribution >= 0.6 is 0 Å². The van der Waals surface area contributed by atoms with E-state index >= 15 is 0 Å². The van der Waals surface area contributed by atoms with Crippen molar-refractivity contribution in [3.8, 4) is 0 Å². The van der Waals surface area contributed by atoms with Crippen molar-refractivity contribution in [2.24, 2.45) is 0 Å². The topological polar surface area (TPSA) is 78.9 Å². The van der Waals surface area contributed by atoms with E-state index in [9.17, 15) is 14.4 Å². The van der Waals surface area contributed by atoms with Gasteiger partial charge in [0.15, 0.2) is 6.10 Å². The highest BCUT2D eigenvalue weighted by atomic mass is 16.6. The largest absolute Gasteiger partial charge is 0.462 e. The van der Waals surface area contributed by atoms with E-state index in [4.69, 9.17) is 14.2 Å². The number of allylic oxidation sites excluding steroid dienone is 10. The minimum absolute atomic E-state index is 0.0707. The SMILES string of the molecule is CC/C=C\C/C=C\C/C=C\C/C=C\CCCCCCCCCCCCCCCCC(=O)OCC(COC(=O)CCCCCCCCCCCCCCCCCC)OC(=O)CCCCCCCCC/C=C\CCCCCCCC. The first-order valence-corrected chi connectivity index (χ1v) is 34.3. The van der Waals surface area contributed by atoms with E-state index in [-0.39, 0.29) is 31.1 Å². The summed E-state index contributed by atoms with van der Waals surface area (Å²) < 4.78 is 17.0. The molecule has 0 aromatic rings. The molecule has 0 aliphatic carbocycles. The summed E-state index contributed by atoms with van der Waals surface area (Å²) in [7, 11) is 0. The molecule has 0 spiro atoms. The lowest BCUT2D eigenvalue weighted by Gasteiger charge is -2.18. The zero-order valence-electron chi connectivity index (χ0n) is 52.2. The third-order valence-corrected chi connectivity index (χ3v) is 15.3. The van der Waals surface area contributed by atoms with Crippen LogP contribution in [0.2, 0.25) is 0 Å². The van der Waals surface area contributed by atoms with Gasteiger partial charge < -0.3 is 14.2 Å². The minimum atomic E-state index is -0.775. The first-order valence-electron chi connectivity index (χ1n) is 34.3. The minimum Gasteiger partial charge on any atom is -0.462 e. The fraction of sp³-hybridized carbons (Fsp3) is 0.819. The Morgan fingerprint density at radius 2 is 0.500 bits per heavy atom. The lowest BCUT2D eigenvalue weighted by molar-refractivity contribution is -0.167. The van der Waals surface area contributed by atoms with Crippen molar-refractivity contribution in [2.75, 3.05) is 13.2 Å². The lowest BCUT2D eigenvalue weighted by Crippen LogP contribution is -2.30. The van der Waals surface area contributed by atoms with Crippen molar-refractivity contribution < 1.29 is 28.6 Å². The zero-order chi connectivity index (χ0) is 56.4. The van der Waals surface area contributed by atoms with Gasteiger partial charge in [0.25, 0.3) is 0 Å². The first-order chi connectivity index (χ1) is 38.5. The normalized spacial score (nSPS) is 12.4. The monoisotopic (exact) mass is 1090 g/mol. The summed E-state index contributed by atoms with van der Waals surface area (Å²) in [6, 6.07) is 0. The van der Waals surface area contributed by atoms with Crippen molar-refractivity contribution in [1.29, 1.82) is 0 Å². The number of carbonyl (C=O) groups excluding carboxylic acids is 3. The molecule has 0 aromatic carbocycles. The molecule has 6 nitrogen and oxygen atoms in total. The lowest BCUT2D eigenvalue weighted by atomic mass is 10.0. The van der Waals surface area contributed by atoms with Crippen LogP contribution in [-0.4, -0.2) is 37.2 Å². The summed E-state index contributed by atoms with van der Waals surface area (Å²) in [6.07, 6.45) is 85.2. The van der Waals surface area contributed by atoms with Crippen molar-refractivity contribution in [3.63, 3.8) is 0 Å². The Labute approximate surface area is 485 Å².